The van der Waals surface area contributed by atoms with Crippen LogP contribution in [0.5, 0.6) is 0 Å². The summed E-state index contributed by atoms with van der Waals surface area (Å²) in [6.45, 7) is 6.98. The Kier molecular flexibility index (Phi) is 3.11. The van der Waals surface area contributed by atoms with E-state index >= 15 is 0 Å². The van der Waals surface area contributed by atoms with E-state index in [1.807, 2.05) is 0 Å². The number of hydrogen-bond donors (Lipinski definition) is 0. The first-order chi connectivity index (χ1) is 8.41. The van der Waals surface area contributed by atoms with Gasteiger partial charge in [0.2, 0.25) is 0 Å². The third-order valence-corrected chi connectivity index (χ3v) is 4.98. The molecule has 0 saturated heterocycles. The Morgan fingerprint density at radius 3 is 2.72 bits per heavy atom. The minimum absolute atomic E-state index is 0.198. The lowest BCUT2D eigenvalue weighted by molar-refractivity contribution is -0.134. The molecule has 2 bridgehead atoms. The summed E-state index contributed by atoms with van der Waals surface area (Å²) in [5.74, 6) is 6.43. The number of fused-ring (bicyclic) bond motifs is 2. The van der Waals surface area contributed by atoms with Gasteiger partial charge in [-0.1, -0.05) is 38.7 Å². The molecular weight excluding hydrogens is 224 g/mol. The van der Waals surface area contributed by atoms with Gasteiger partial charge in [-0.15, -0.1) is 0 Å². The fourth-order valence-electron chi connectivity index (χ4n) is 3.17. The van der Waals surface area contributed by atoms with Gasteiger partial charge >= 0.3 is 5.97 Å². The van der Waals surface area contributed by atoms with E-state index in [0.717, 1.165) is 0 Å². The van der Waals surface area contributed by atoms with Gasteiger partial charge in [-0.05, 0) is 30.3 Å². The van der Waals surface area contributed by atoms with Crippen LogP contribution >= 0.6 is 0 Å². The topological polar surface area (TPSA) is 26.3 Å². The average molecular weight is 244 g/mol. The lowest BCUT2D eigenvalue weighted by atomic mass is 9.67. The molecule has 2 atom stereocenters. The van der Waals surface area contributed by atoms with Gasteiger partial charge in [0.1, 0.15) is 0 Å². The molecule has 2 nitrogen and oxygen atoms in total. The summed E-state index contributed by atoms with van der Waals surface area (Å²) >= 11 is 0. The van der Waals surface area contributed by atoms with Crippen molar-refractivity contribution in [1.29, 1.82) is 0 Å². The number of rotatable bonds is 1. The summed E-state index contributed by atoms with van der Waals surface area (Å²) in [6, 6.07) is 0. The van der Waals surface area contributed by atoms with Gasteiger partial charge in [0.05, 0.1) is 7.11 Å². The van der Waals surface area contributed by atoms with E-state index in [9.17, 15) is 4.79 Å². The standard InChI is InChI=1S/C16H20O2/c1-15(2)12-9-10-16(15,3)13(11-12)7-5-6-8-14(17)18-4/h6,8,11-12H,9-10H2,1-4H3/b8-6+/t12-,16+/m1/s1. The average Bonchev–Trinajstić information content (AvgIpc) is 2.67. The molecule has 2 aliphatic rings. The highest BCUT2D eigenvalue weighted by Gasteiger charge is 2.56. The van der Waals surface area contributed by atoms with Crippen LogP contribution < -0.4 is 0 Å². The summed E-state index contributed by atoms with van der Waals surface area (Å²) in [5.41, 5.74) is 1.74. The number of hydrogen-bond acceptors (Lipinski definition) is 2. The van der Waals surface area contributed by atoms with Crippen molar-refractivity contribution in [3.8, 4) is 11.8 Å². The zero-order valence-electron chi connectivity index (χ0n) is 11.5. The fraction of sp³-hybridized carbons (Fsp3) is 0.562. The third-order valence-electron chi connectivity index (χ3n) is 4.98. The maximum atomic E-state index is 10.9. The van der Waals surface area contributed by atoms with E-state index in [0.29, 0.717) is 11.3 Å². The Morgan fingerprint density at radius 2 is 2.22 bits per heavy atom. The number of carbonyl (C=O) groups excluding carboxylic acids is 1. The molecule has 0 aromatic heterocycles. The van der Waals surface area contributed by atoms with Crippen molar-refractivity contribution in [2.24, 2.45) is 16.7 Å². The van der Waals surface area contributed by atoms with E-state index in [-0.39, 0.29) is 11.4 Å². The predicted molar refractivity (Wildman–Crippen MR) is 71.6 cm³/mol. The van der Waals surface area contributed by atoms with Gasteiger partial charge in [-0.2, -0.15) is 0 Å². The highest BCUT2D eigenvalue weighted by molar-refractivity contribution is 5.82. The van der Waals surface area contributed by atoms with Crippen molar-refractivity contribution in [2.75, 3.05) is 7.11 Å². The smallest absolute Gasteiger partial charge is 0.331 e. The number of allylic oxidation sites excluding steroid dienone is 3. The Bertz CT molecular complexity index is 485. The van der Waals surface area contributed by atoms with Crippen molar-refractivity contribution in [3.05, 3.63) is 23.8 Å². The molecule has 0 aromatic rings. The first-order valence-electron chi connectivity index (χ1n) is 6.40. The third kappa shape index (κ3) is 1.79. The van der Waals surface area contributed by atoms with Crippen molar-refractivity contribution in [3.63, 3.8) is 0 Å². The molecule has 18 heavy (non-hydrogen) atoms. The lowest BCUT2D eigenvalue weighted by Crippen LogP contribution is -2.29. The second kappa shape index (κ2) is 4.31. The van der Waals surface area contributed by atoms with E-state index in [1.165, 1.54) is 31.6 Å². The van der Waals surface area contributed by atoms with Crippen LogP contribution in [-0.4, -0.2) is 13.1 Å². The van der Waals surface area contributed by atoms with Gasteiger partial charge in [-0.3, -0.25) is 0 Å². The van der Waals surface area contributed by atoms with Crippen LogP contribution in [0.15, 0.2) is 23.8 Å². The van der Waals surface area contributed by atoms with Crippen LogP contribution in [0.2, 0.25) is 0 Å². The molecule has 0 amide bonds. The van der Waals surface area contributed by atoms with Gasteiger partial charge in [0.25, 0.3) is 0 Å². The molecule has 0 aromatic carbocycles. The van der Waals surface area contributed by atoms with Crippen LogP contribution in [0.25, 0.3) is 0 Å². The van der Waals surface area contributed by atoms with Crippen LogP contribution in [0.3, 0.4) is 0 Å². The molecule has 0 spiro atoms. The Labute approximate surface area is 109 Å². The number of ether oxygens (including phenoxy) is 1. The number of methoxy groups -OCH3 is 1. The highest BCUT2D eigenvalue weighted by atomic mass is 16.5. The first-order valence-corrected chi connectivity index (χ1v) is 6.40. The summed E-state index contributed by atoms with van der Waals surface area (Å²) in [7, 11) is 1.36. The molecule has 2 rings (SSSR count). The van der Waals surface area contributed by atoms with E-state index < -0.39 is 0 Å². The second-order valence-corrected chi connectivity index (χ2v) is 5.91. The molecule has 1 saturated carbocycles. The zero-order valence-corrected chi connectivity index (χ0v) is 11.5. The van der Waals surface area contributed by atoms with Crippen LogP contribution in [0, 0.1) is 28.6 Å². The molecule has 0 heterocycles. The van der Waals surface area contributed by atoms with Crippen molar-refractivity contribution in [1.82, 2.24) is 0 Å². The second-order valence-electron chi connectivity index (χ2n) is 5.91. The quantitative estimate of drug-likeness (QED) is 0.402. The minimum atomic E-state index is -0.363. The fourth-order valence-corrected chi connectivity index (χ4v) is 3.17. The number of esters is 1. The van der Waals surface area contributed by atoms with Gasteiger partial charge in [0, 0.05) is 17.1 Å². The summed E-state index contributed by atoms with van der Waals surface area (Å²) in [5, 5.41) is 0. The van der Waals surface area contributed by atoms with Crippen LogP contribution in [-0.2, 0) is 9.53 Å². The zero-order chi connectivity index (χ0) is 13.4. The normalized spacial score (nSPS) is 32.0. The molecule has 2 aliphatic carbocycles. The van der Waals surface area contributed by atoms with Crippen molar-refractivity contribution < 1.29 is 9.53 Å². The maximum Gasteiger partial charge on any atom is 0.331 e. The first kappa shape index (κ1) is 13.0. The Hall–Kier alpha value is -1.49. The van der Waals surface area contributed by atoms with Crippen molar-refractivity contribution >= 4 is 5.97 Å². The van der Waals surface area contributed by atoms with Crippen molar-refractivity contribution in [2.45, 2.75) is 33.6 Å². The molecule has 96 valence electrons. The Morgan fingerprint density at radius 1 is 1.50 bits per heavy atom. The molecule has 2 heteroatoms. The predicted octanol–water partition coefficient (Wildman–Crippen LogP) is 3.10. The molecule has 0 radical (unpaired) electrons. The molecule has 1 fully saturated rings. The van der Waals surface area contributed by atoms with Gasteiger partial charge < -0.3 is 4.74 Å². The molecule has 0 aliphatic heterocycles. The SMILES string of the molecule is COC(=O)/C=C/C#CC1=C[C@H]2CC[C@]1(C)C2(C)C. The molecular formula is C16H20O2. The van der Waals surface area contributed by atoms with Crippen LogP contribution in [0.1, 0.15) is 33.6 Å². The Balaban J connectivity index is 2.14. The summed E-state index contributed by atoms with van der Waals surface area (Å²) < 4.78 is 4.52. The number of carbonyl (C=O) groups is 1. The molecule has 0 N–H and O–H groups in total. The summed E-state index contributed by atoms with van der Waals surface area (Å²) in [6.07, 6.45) is 7.73. The maximum absolute atomic E-state index is 10.9. The van der Waals surface area contributed by atoms with Gasteiger partial charge in [0.15, 0.2) is 0 Å². The van der Waals surface area contributed by atoms with Gasteiger partial charge in [-0.25, -0.2) is 4.79 Å². The highest BCUT2D eigenvalue weighted by Crippen LogP contribution is 2.64. The summed E-state index contributed by atoms with van der Waals surface area (Å²) in [4.78, 5) is 10.9. The minimum Gasteiger partial charge on any atom is -0.466 e. The van der Waals surface area contributed by atoms with E-state index in [4.69, 9.17) is 0 Å². The largest absolute Gasteiger partial charge is 0.466 e. The van der Waals surface area contributed by atoms with Crippen LogP contribution in [0.4, 0.5) is 0 Å². The van der Waals surface area contributed by atoms with E-state index in [2.05, 4.69) is 43.4 Å². The molecule has 0 unspecified atom stereocenters. The monoisotopic (exact) mass is 244 g/mol. The lowest BCUT2D eigenvalue weighted by Gasteiger charge is -2.35. The van der Waals surface area contributed by atoms with E-state index in [1.54, 1.807) is 6.08 Å².